The fourth-order valence-corrected chi connectivity index (χ4v) is 2.03. The smallest absolute Gasteiger partial charge is 0.158 e. The van der Waals surface area contributed by atoms with E-state index in [-0.39, 0.29) is 0 Å². The van der Waals surface area contributed by atoms with Crippen molar-refractivity contribution in [1.29, 1.82) is 0 Å². The molecule has 2 aromatic rings. The lowest BCUT2D eigenvalue weighted by Gasteiger charge is -2.26. The van der Waals surface area contributed by atoms with E-state index in [9.17, 15) is 0 Å². The summed E-state index contributed by atoms with van der Waals surface area (Å²) >= 11 is 0. The Morgan fingerprint density at radius 3 is 2.94 bits per heavy atom. The Hall–Kier alpha value is -1.75. The molecule has 1 saturated heterocycles. The molecule has 0 spiro atoms. The first-order valence-corrected chi connectivity index (χ1v) is 5.41. The van der Waals surface area contributed by atoms with Crippen molar-refractivity contribution in [2.24, 2.45) is 0 Å². The summed E-state index contributed by atoms with van der Waals surface area (Å²) in [6, 6.07) is 5.80. The van der Waals surface area contributed by atoms with Crippen molar-refractivity contribution in [3.63, 3.8) is 0 Å². The Bertz CT molecular complexity index is 502. The number of ether oxygens (including phenoxy) is 1. The number of nitrogen functional groups attached to an aromatic ring is 1. The van der Waals surface area contributed by atoms with Gasteiger partial charge in [-0.3, -0.25) is 5.10 Å². The van der Waals surface area contributed by atoms with Crippen LogP contribution in [0.1, 0.15) is 0 Å². The van der Waals surface area contributed by atoms with Gasteiger partial charge < -0.3 is 15.4 Å². The Labute approximate surface area is 93.2 Å². The van der Waals surface area contributed by atoms with Crippen molar-refractivity contribution in [3.05, 3.63) is 18.2 Å². The fourth-order valence-electron chi connectivity index (χ4n) is 2.03. The van der Waals surface area contributed by atoms with E-state index < -0.39 is 0 Å². The molecule has 16 heavy (non-hydrogen) atoms. The summed E-state index contributed by atoms with van der Waals surface area (Å²) in [6.07, 6.45) is 0. The molecule has 1 aliphatic heterocycles. The average Bonchev–Trinajstić information content (AvgIpc) is 2.73. The van der Waals surface area contributed by atoms with Crippen molar-refractivity contribution < 1.29 is 4.74 Å². The number of aromatic amines is 1. The zero-order valence-electron chi connectivity index (χ0n) is 8.94. The van der Waals surface area contributed by atoms with Gasteiger partial charge in [0.1, 0.15) is 0 Å². The van der Waals surface area contributed by atoms with Gasteiger partial charge in [-0.05, 0) is 18.2 Å². The van der Waals surface area contributed by atoms with E-state index >= 15 is 0 Å². The number of morpholine rings is 1. The first-order chi connectivity index (χ1) is 7.84. The summed E-state index contributed by atoms with van der Waals surface area (Å²) in [7, 11) is 0. The normalized spacial score (nSPS) is 16.9. The van der Waals surface area contributed by atoms with Gasteiger partial charge in [0, 0.05) is 24.2 Å². The zero-order chi connectivity index (χ0) is 11.0. The van der Waals surface area contributed by atoms with Gasteiger partial charge in [-0.25, -0.2) is 0 Å². The molecule has 1 fully saturated rings. The minimum atomic E-state index is 0.761. The van der Waals surface area contributed by atoms with E-state index in [1.165, 1.54) is 0 Å². The molecule has 1 aliphatic rings. The van der Waals surface area contributed by atoms with Crippen molar-refractivity contribution >= 4 is 22.4 Å². The van der Waals surface area contributed by atoms with Crippen LogP contribution in [-0.4, -0.2) is 36.5 Å². The lowest BCUT2D eigenvalue weighted by atomic mass is 10.2. The van der Waals surface area contributed by atoms with Crippen LogP contribution in [0.2, 0.25) is 0 Å². The molecule has 0 amide bonds. The molecule has 0 atom stereocenters. The van der Waals surface area contributed by atoms with E-state index in [1.54, 1.807) is 0 Å². The molecule has 0 saturated carbocycles. The molecule has 0 aliphatic carbocycles. The van der Waals surface area contributed by atoms with Crippen LogP contribution in [0.4, 0.5) is 11.5 Å². The Balaban J connectivity index is 2.05. The molecule has 0 unspecified atom stereocenters. The van der Waals surface area contributed by atoms with Gasteiger partial charge in [0.25, 0.3) is 0 Å². The van der Waals surface area contributed by atoms with E-state index in [4.69, 9.17) is 10.5 Å². The van der Waals surface area contributed by atoms with Crippen LogP contribution in [0.5, 0.6) is 0 Å². The Morgan fingerprint density at radius 1 is 1.31 bits per heavy atom. The molecule has 0 radical (unpaired) electrons. The van der Waals surface area contributed by atoms with Gasteiger partial charge in [-0.15, -0.1) is 0 Å². The second kappa shape index (κ2) is 3.68. The van der Waals surface area contributed by atoms with Gasteiger partial charge >= 0.3 is 0 Å². The quantitative estimate of drug-likeness (QED) is 0.700. The molecule has 3 rings (SSSR count). The highest BCUT2D eigenvalue weighted by Crippen LogP contribution is 2.26. The number of rotatable bonds is 1. The maximum absolute atomic E-state index is 5.80. The standard InChI is InChI=1S/C11H14N4O/c12-8-1-2-10-9(7-8)11(14-13-10)15-3-5-16-6-4-15/h1-2,7H,3-6,12H2,(H,13,14). The maximum atomic E-state index is 5.80. The monoisotopic (exact) mass is 218 g/mol. The van der Waals surface area contributed by atoms with Crippen molar-refractivity contribution in [3.8, 4) is 0 Å². The highest BCUT2D eigenvalue weighted by atomic mass is 16.5. The minimum absolute atomic E-state index is 0.761. The van der Waals surface area contributed by atoms with Crippen LogP contribution >= 0.6 is 0 Å². The average molecular weight is 218 g/mol. The van der Waals surface area contributed by atoms with Crippen LogP contribution in [0, 0.1) is 0 Å². The Kier molecular flexibility index (Phi) is 2.18. The summed E-state index contributed by atoms with van der Waals surface area (Å²) in [5, 5.41) is 8.46. The number of nitrogens with one attached hydrogen (secondary N) is 1. The number of fused-ring (bicyclic) bond motifs is 1. The first kappa shape index (κ1) is 9.47. The molecule has 1 aromatic carbocycles. The Morgan fingerprint density at radius 2 is 2.12 bits per heavy atom. The third-order valence-corrected chi connectivity index (χ3v) is 2.88. The van der Waals surface area contributed by atoms with E-state index in [0.717, 1.165) is 48.7 Å². The number of hydrogen-bond donors (Lipinski definition) is 2. The number of nitrogens with two attached hydrogens (primary N) is 1. The molecular weight excluding hydrogens is 204 g/mol. The predicted octanol–water partition coefficient (Wildman–Crippen LogP) is 0.982. The molecule has 84 valence electrons. The maximum Gasteiger partial charge on any atom is 0.158 e. The summed E-state index contributed by atoms with van der Waals surface area (Å²) in [5.41, 5.74) is 7.59. The second-order valence-corrected chi connectivity index (χ2v) is 3.95. The highest BCUT2D eigenvalue weighted by Gasteiger charge is 2.16. The second-order valence-electron chi connectivity index (χ2n) is 3.95. The van der Waals surface area contributed by atoms with Gasteiger partial charge in [-0.1, -0.05) is 0 Å². The summed E-state index contributed by atoms with van der Waals surface area (Å²) in [5.74, 6) is 0.977. The van der Waals surface area contributed by atoms with Crippen molar-refractivity contribution in [1.82, 2.24) is 10.2 Å². The number of aromatic nitrogens is 2. The van der Waals surface area contributed by atoms with Crippen molar-refractivity contribution in [2.45, 2.75) is 0 Å². The fraction of sp³-hybridized carbons (Fsp3) is 0.364. The largest absolute Gasteiger partial charge is 0.399 e. The zero-order valence-corrected chi connectivity index (χ0v) is 8.94. The number of anilines is 2. The molecule has 1 aromatic heterocycles. The van der Waals surface area contributed by atoms with E-state index in [1.807, 2.05) is 18.2 Å². The molecular formula is C11H14N4O. The number of H-pyrrole nitrogens is 1. The SMILES string of the molecule is Nc1ccc2[nH]nc(N3CCOCC3)c2c1. The molecule has 3 N–H and O–H groups in total. The van der Waals surface area contributed by atoms with Crippen LogP contribution in [0.15, 0.2) is 18.2 Å². The predicted molar refractivity (Wildman–Crippen MR) is 63.5 cm³/mol. The number of hydrogen-bond acceptors (Lipinski definition) is 4. The van der Waals surface area contributed by atoms with Gasteiger partial charge in [0.05, 0.1) is 18.7 Å². The molecule has 0 bridgehead atoms. The molecule has 5 heteroatoms. The highest BCUT2D eigenvalue weighted by molar-refractivity contribution is 5.92. The van der Waals surface area contributed by atoms with Gasteiger partial charge in [0.15, 0.2) is 5.82 Å². The van der Waals surface area contributed by atoms with Crippen LogP contribution in [0.3, 0.4) is 0 Å². The molecule has 5 nitrogen and oxygen atoms in total. The lowest BCUT2D eigenvalue weighted by molar-refractivity contribution is 0.122. The van der Waals surface area contributed by atoms with Gasteiger partial charge in [-0.2, -0.15) is 5.10 Å². The number of benzene rings is 1. The van der Waals surface area contributed by atoms with Crippen LogP contribution in [0.25, 0.3) is 10.9 Å². The lowest BCUT2D eigenvalue weighted by Crippen LogP contribution is -2.36. The minimum Gasteiger partial charge on any atom is -0.399 e. The summed E-state index contributed by atoms with van der Waals surface area (Å²) < 4.78 is 5.33. The molecule has 2 heterocycles. The third-order valence-electron chi connectivity index (χ3n) is 2.88. The third kappa shape index (κ3) is 1.49. The summed E-state index contributed by atoms with van der Waals surface area (Å²) in [6.45, 7) is 3.29. The topological polar surface area (TPSA) is 67.2 Å². The van der Waals surface area contributed by atoms with Gasteiger partial charge in [0.2, 0.25) is 0 Å². The van der Waals surface area contributed by atoms with E-state index in [0.29, 0.717) is 0 Å². The number of nitrogens with zero attached hydrogens (tertiary/aromatic N) is 2. The summed E-state index contributed by atoms with van der Waals surface area (Å²) in [4.78, 5) is 2.22. The van der Waals surface area contributed by atoms with E-state index in [2.05, 4.69) is 15.1 Å². The van der Waals surface area contributed by atoms with Crippen LogP contribution < -0.4 is 10.6 Å². The van der Waals surface area contributed by atoms with Crippen LogP contribution in [-0.2, 0) is 4.74 Å². The van der Waals surface area contributed by atoms with Crippen molar-refractivity contribution in [2.75, 3.05) is 36.9 Å². The first-order valence-electron chi connectivity index (χ1n) is 5.41.